The molecule has 5 fully saturated rings. The summed E-state index contributed by atoms with van der Waals surface area (Å²) < 4.78 is 0.344. The summed E-state index contributed by atoms with van der Waals surface area (Å²) in [6.45, 7) is 3.06. The van der Waals surface area contributed by atoms with Crippen LogP contribution in [0.15, 0.2) is 30.3 Å². The van der Waals surface area contributed by atoms with Gasteiger partial charge in [-0.05, 0) is 67.8 Å². The SMILES string of the molecule is O=C(CC12C[C@H]3C[C@@H](CC(Br)(C3)C1)C2)N[C@H]1CCN(Cc2ccccc2)C1. The summed E-state index contributed by atoms with van der Waals surface area (Å²) in [5, 5.41) is 3.39. The first kappa shape index (κ1) is 18.2. The van der Waals surface area contributed by atoms with Crippen molar-refractivity contribution in [1.82, 2.24) is 10.2 Å². The van der Waals surface area contributed by atoms with Crippen LogP contribution in [0.1, 0.15) is 56.9 Å². The molecule has 1 saturated heterocycles. The van der Waals surface area contributed by atoms with E-state index in [0.29, 0.717) is 16.3 Å². The maximum absolute atomic E-state index is 12.9. The van der Waals surface area contributed by atoms with Crippen LogP contribution in [0.5, 0.6) is 0 Å². The fraction of sp³-hybridized carbons (Fsp3) is 0.696. The van der Waals surface area contributed by atoms with Crippen molar-refractivity contribution in [2.24, 2.45) is 17.3 Å². The van der Waals surface area contributed by atoms with Crippen molar-refractivity contribution < 1.29 is 4.79 Å². The van der Waals surface area contributed by atoms with Crippen LogP contribution in [-0.2, 0) is 11.3 Å². The van der Waals surface area contributed by atoms with E-state index >= 15 is 0 Å². The van der Waals surface area contributed by atoms with Gasteiger partial charge in [-0.3, -0.25) is 9.69 Å². The highest BCUT2D eigenvalue weighted by Gasteiger charge is 2.57. The largest absolute Gasteiger partial charge is 0.352 e. The van der Waals surface area contributed by atoms with Crippen molar-refractivity contribution in [3.05, 3.63) is 35.9 Å². The molecule has 4 saturated carbocycles. The lowest BCUT2D eigenvalue weighted by molar-refractivity contribution is -0.128. The van der Waals surface area contributed by atoms with Gasteiger partial charge in [-0.2, -0.15) is 0 Å². The van der Waals surface area contributed by atoms with E-state index in [1.807, 2.05) is 0 Å². The molecule has 146 valence electrons. The number of likely N-dealkylation sites (tertiary alicyclic amines) is 1. The van der Waals surface area contributed by atoms with E-state index in [1.54, 1.807) is 0 Å². The van der Waals surface area contributed by atoms with E-state index in [0.717, 1.165) is 44.3 Å². The summed E-state index contributed by atoms with van der Waals surface area (Å²) in [6.07, 6.45) is 9.71. The Morgan fingerprint density at radius 3 is 2.59 bits per heavy atom. The number of halogens is 1. The number of hydrogen-bond donors (Lipinski definition) is 1. The van der Waals surface area contributed by atoms with Gasteiger partial charge in [-0.1, -0.05) is 46.3 Å². The second-order valence-electron chi connectivity index (χ2n) is 10.1. The van der Waals surface area contributed by atoms with Gasteiger partial charge < -0.3 is 5.32 Å². The summed E-state index contributed by atoms with van der Waals surface area (Å²) in [4.78, 5) is 15.4. The second-order valence-corrected chi connectivity index (χ2v) is 11.7. The lowest BCUT2D eigenvalue weighted by Gasteiger charge is -2.60. The molecule has 27 heavy (non-hydrogen) atoms. The fourth-order valence-electron chi connectivity index (χ4n) is 7.10. The summed E-state index contributed by atoms with van der Waals surface area (Å²) in [5.74, 6) is 2.01. The van der Waals surface area contributed by atoms with E-state index in [9.17, 15) is 4.79 Å². The molecule has 1 aliphatic heterocycles. The first-order chi connectivity index (χ1) is 13.0. The molecule has 6 rings (SSSR count). The second kappa shape index (κ2) is 6.88. The summed E-state index contributed by atoms with van der Waals surface area (Å²) in [6, 6.07) is 11.0. The maximum atomic E-state index is 12.9. The molecule has 1 heterocycles. The Balaban J connectivity index is 1.15. The summed E-state index contributed by atoms with van der Waals surface area (Å²) >= 11 is 4.07. The Hall–Kier alpha value is -0.870. The number of nitrogens with one attached hydrogen (secondary N) is 1. The number of amides is 1. The monoisotopic (exact) mass is 430 g/mol. The highest BCUT2D eigenvalue weighted by atomic mass is 79.9. The quantitative estimate of drug-likeness (QED) is 0.697. The van der Waals surface area contributed by atoms with Crippen LogP contribution in [0.2, 0.25) is 0 Å². The first-order valence-electron chi connectivity index (χ1n) is 10.7. The van der Waals surface area contributed by atoms with Gasteiger partial charge in [0, 0.05) is 36.4 Å². The molecule has 1 aromatic rings. The minimum absolute atomic E-state index is 0.278. The molecule has 0 aromatic heterocycles. The zero-order valence-electron chi connectivity index (χ0n) is 16.1. The molecule has 4 aliphatic carbocycles. The zero-order valence-corrected chi connectivity index (χ0v) is 17.7. The summed E-state index contributed by atoms with van der Waals surface area (Å²) in [5.41, 5.74) is 1.64. The predicted octanol–water partition coefficient (Wildman–Crippen LogP) is 4.50. The molecule has 0 radical (unpaired) electrons. The minimum atomic E-state index is 0.278. The Kier molecular flexibility index (Phi) is 4.63. The lowest BCUT2D eigenvalue weighted by Crippen LogP contribution is -2.54. The predicted molar refractivity (Wildman–Crippen MR) is 112 cm³/mol. The average Bonchev–Trinajstić information content (AvgIpc) is 2.99. The highest BCUT2D eigenvalue weighted by Crippen LogP contribution is 2.65. The number of alkyl halides is 1. The van der Waals surface area contributed by atoms with Crippen LogP contribution < -0.4 is 5.32 Å². The normalized spacial score (nSPS) is 40.4. The van der Waals surface area contributed by atoms with E-state index in [4.69, 9.17) is 0 Å². The molecular weight excluding hydrogens is 400 g/mol. The van der Waals surface area contributed by atoms with Gasteiger partial charge in [0.1, 0.15) is 0 Å². The molecule has 3 nitrogen and oxygen atoms in total. The molecule has 1 aromatic carbocycles. The molecule has 3 atom stereocenters. The molecule has 0 unspecified atom stereocenters. The van der Waals surface area contributed by atoms with Gasteiger partial charge in [0.2, 0.25) is 5.91 Å². The molecule has 1 N–H and O–H groups in total. The van der Waals surface area contributed by atoms with Crippen LogP contribution >= 0.6 is 15.9 Å². The Morgan fingerprint density at radius 1 is 1.15 bits per heavy atom. The van der Waals surface area contributed by atoms with E-state index in [-0.39, 0.29) is 5.41 Å². The van der Waals surface area contributed by atoms with Crippen molar-refractivity contribution in [3.8, 4) is 0 Å². The van der Waals surface area contributed by atoms with Crippen LogP contribution in [0.4, 0.5) is 0 Å². The third-order valence-corrected chi connectivity index (χ3v) is 8.46. The third kappa shape index (κ3) is 3.85. The number of carbonyl (C=O) groups excluding carboxylic acids is 1. The Labute approximate surface area is 171 Å². The zero-order chi connectivity index (χ0) is 18.5. The van der Waals surface area contributed by atoms with Gasteiger partial charge in [0.15, 0.2) is 0 Å². The molecule has 1 amide bonds. The molecule has 0 spiro atoms. The number of nitrogens with zero attached hydrogens (tertiary/aromatic N) is 1. The van der Waals surface area contributed by atoms with Crippen molar-refractivity contribution in [1.29, 1.82) is 0 Å². The molecule has 4 heteroatoms. The minimum Gasteiger partial charge on any atom is -0.352 e. The summed E-state index contributed by atoms with van der Waals surface area (Å²) in [7, 11) is 0. The standard InChI is InChI=1S/C23H31BrN2O/c24-23-11-18-8-19(12-23)10-22(9-18,16-23)13-21(27)25-20-6-7-26(15-20)14-17-4-2-1-3-5-17/h1-5,18-20H,6-16H2,(H,25,27)/t18-,19-,20+,22?,23?/m1/s1. The Bertz CT molecular complexity index is 692. The van der Waals surface area contributed by atoms with E-state index in [1.165, 1.54) is 44.1 Å². The van der Waals surface area contributed by atoms with Gasteiger partial charge >= 0.3 is 0 Å². The van der Waals surface area contributed by atoms with Crippen molar-refractivity contribution >= 4 is 21.8 Å². The highest BCUT2D eigenvalue weighted by molar-refractivity contribution is 9.10. The third-order valence-electron chi connectivity index (χ3n) is 7.53. The smallest absolute Gasteiger partial charge is 0.220 e. The number of benzene rings is 1. The Morgan fingerprint density at radius 2 is 1.89 bits per heavy atom. The van der Waals surface area contributed by atoms with Crippen molar-refractivity contribution in [2.45, 2.75) is 68.3 Å². The van der Waals surface area contributed by atoms with Crippen LogP contribution in [0.3, 0.4) is 0 Å². The van der Waals surface area contributed by atoms with Gasteiger partial charge in [-0.15, -0.1) is 0 Å². The number of carbonyl (C=O) groups is 1. The number of hydrogen-bond acceptors (Lipinski definition) is 2. The van der Waals surface area contributed by atoms with Gasteiger partial charge in [0.05, 0.1) is 0 Å². The average molecular weight is 431 g/mol. The van der Waals surface area contributed by atoms with Crippen LogP contribution in [-0.4, -0.2) is 34.3 Å². The van der Waals surface area contributed by atoms with Crippen molar-refractivity contribution in [3.63, 3.8) is 0 Å². The topological polar surface area (TPSA) is 32.3 Å². The van der Waals surface area contributed by atoms with Gasteiger partial charge in [-0.25, -0.2) is 0 Å². The van der Waals surface area contributed by atoms with E-state index in [2.05, 4.69) is 56.5 Å². The maximum Gasteiger partial charge on any atom is 0.220 e. The number of rotatable bonds is 5. The first-order valence-corrected chi connectivity index (χ1v) is 11.5. The van der Waals surface area contributed by atoms with Crippen LogP contribution in [0.25, 0.3) is 0 Å². The molecular formula is C23H31BrN2O. The molecule has 5 aliphatic rings. The van der Waals surface area contributed by atoms with E-state index < -0.39 is 0 Å². The molecule has 4 bridgehead atoms. The van der Waals surface area contributed by atoms with Crippen molar-refractivity contribution in [2.75, 3.05) is 13.1 Å². The lowest BCUT2D eigenvalue weighted by atomic mass is 9.48. The van der Waals surface area contributed by atoms with Gasteiger partial charge in [0.25, 0.3) is 0 Å². The fourth-order valence-corrected chi connectivity index (χ4v) is 8.61. The van der Waals surface area contributed by atoms with Crippen LogP contribution in [0, 0.1) is 17.3 Å².